The molecule has 1 amide bonds. The van der Waals surface area contributed by atoms with Crippen LogP contribution in [0.4, 0.5) is 5.69 Å². The molecule has 1 aliphatic heterocycles. The average Bonchev–Trinajstić information content (AvgIpc) is 2.54. The Balaban J connectivity index is 1.75. The van der Waals surface area contributed by atoms with Gasteiger partial charge in [0, 0.05) is 0 Å². The van der Waals surface area contributed by atoms with Crippen molar-refractivity contribution in [3.05, 3.63) is 53.6 Å². The lowest BCUT2D eigenvalue weighted by Crippen LogP contribution is -2.32. The normalized spacial score (nSPS) is 16.4. The van der Waals surface area contributed by atoms with Crippen molar-refractivity contribution >= 4 is 11.6 Å². The van der Waals surface area contributed by atoms with E-state index in [2.05, 4.69) is 5.32 Å². The summed E-state index contributed by atoms with van der Waals surface area (Å²) in [6, 6.07) is 13.6. The van der Waals surface area contributed by atoms with Crippen molar-refractivity contribution in [1.29, 1.82) is 0 Å². The number of para-hydroxylation sites is 1. The largest absolute Gasteiger partial charge is 0.495 e. The van der Waals surface area contributed by atoms with Gasteiger partial charge in [-0.1, -0.05) is 24.3 Å². The van der Waals surface area contributed by atoms with E-state index in [0.717, 1.165) is 16.9 Å². The van der Waals surface area contributed by atoms with Gasteiger partial charge in [-0.05, 0) is 42.7 Å². The SMILES string of the molecule is COc1ccc(C)cc1NC(=O)[C@@H]1COc2ccccc2C1. The molecule has 0 aliphatic carbocycles. The first-order valence-electron chi connectivity index (χ1n) is 7.33. The standard InChI is InChI=1S/C18H19NO3/c1-12-7-8-17(21-2)15(9-12)19-18(20)14-10-13-5-3-4-6-16(13)22-11-14/h3-9,14H,10-11H2,1-2H3,(H,19,20)/t14-/m0/s1. The molecule has 0 saturated carbocycles. The van der Waals surface area contributed by atoms with Crippen LogP contribution in [-0.2, 0) is 11.2 Å². The number of rotatable bonds is 3. The molecule has 1 N–H and O–H groups in total. The summed E-state index contributed by atoms with van der Waals surface area (Å²) in [5.74, 6) is 1.30. The Kier molecular flexibility index (Phi) is 4.00. The van der Waals surface area contributed by atoms with Crippen molar-refractivity contribution in [3.8, 4) is 11.5 Å². The number of amides is 1. The van der Waals surface area contributed by atoms with Gasteiger partial charge in [-0.2, -0.15) is 0 Å². The Labute approximate surface area is 130 Å². The van der Waals surface area contributed by atoms with Gasteiger partial charge in [-0.3, -0.25) is 4.79 Å². The molecule has 2 aromatic carbocycles. The molecule has 0 aromatic heterocycles. The zero-order valence-corrected chi connectivity index (χ0v) is 12.8. The van der Waals surface area contributed by atoms with E-state index < -0.39 is 0 Å². The van der Waals surface area contributed by atoms with Crippen LogP contribution in [0.3, 0.4) is 0 Å². The molecule has 22 heavy (non-hydrogen) atoms. The van der Waals surface area contributed by atoms with Crippen molar-refractivity contribution in [2.45, 2.75) is 13.3 Å². The van der Waals surface area contributed by atoms with Crippen LogP contribution in [0.1, 0.15) is 11.1 Å². The summed E-state index contributed by atoms with van der Waals surface area (Å²) in [7, 11) is 1.60. The number of anilines is 1. The van der Waals surface area contributed by atoms with Gasteiger partial charge in [0.05, 0.1) is 18.7 Å². The molecule has 0 radical (unpaired) electrons. The molecular weight excluding hydrogens is 278 g/mol. The highest BCUT2D eigenvalue weighted by Gasteiger charge is 2.26. The van der Waals surface area contributed by atoms with Crippen molar-refractivity contribution in [3.63, 3.8) is 0 Å². The van der Waals surface area contributed by atoms with Gasteiger partial charge in [0.15, 0.2) is 0 Å². The predicted octanol–water partition coefficient (Wildman–Crippen LogP) is 3.19. The number of hydrogen-bond donors (Lipinski definition) is 1. The summed E-state index contributed by atoms with van der Waals surface area (Å²) in [6.45, 7) is 2.38. The molecule has 1 aliphatic rings. The third-order valence-corrected chi connectivity index (χ3v) is 3.86. The Morgan fingerprint density at radius 1 is 1.27 bits per heavy atom. The fraction of sp³-hybridized carbons (Fsp3) is 0.278. The molecule has 0 spiro atoms. The topological polar surface area (TPSA) is 47.6 Å². The monoisotopic (exact) mass is 297 g/mol. The van der Waals surface area contributed by atoms with E-state index in [1.807, 2.05) is 49.4 Å². The molecular formula is C18H19NO3. The lowest BCUT2D eigenvalue weighted by molar-refractivity contribution is -0.121. The minimum atomic E-state index is -0.194. The van der Waals surface area contributed by atoms with Gasteiger partial charge in [0.1, 0.15) is 18.1 Å². The fourth-order valence-corrected chi connectivity index (χ4v) is 2.65. The smallest absolute Gasteiger partial charge is 0.231 e. The summed E-state index contributed by atoms with van der Waals surface area (Å²) in [4.78, 5) is 12.5. The van der Waals surface area contributed by atoms with E-state index in [4.69, 9.17) is 9.47 Å². The summed E-state index contributed by atoms with van der Waals surface area (Å²) in [6.07, 6.45) is 0.691. The minimum absolute atomic E-state index is 0.0431. The maximum Gasteiger partial charge on any atom is 0.231 e. The van der Waals surface area contributed by atoms with Crippen LogP contribution in [0.5, 0.6) is 11.5 Å². The number of methoxy groups -OCH3 is 1. The van der Waals surface area contributed by atoms with Gasteiger partial charge in [0.25, 0.3) is 0 Å². The van der Waals surface area contributed by atoms with E-state index in [1.54, 1.807) is 7.11 Å². The molecule has 3 rings (SSSR count). The number of carbonyl (C=O) groups excluding carboxylic acids is 1. The first-order chi connectivity index (χ1) is 10.7. The maximum atomic E-state index is 12.5. The van der Waals surface area contributed by atoms with E-state index >= 15 is 0 Å². The lowest BCUT2D eigenvalue weighted by Gasteiger charge is -2.24. The highest BCUT2D eigenvalue weighted by atomic mass is 16.5. The highest BCUT2D eigenvalue weighted by molar-refractivity contribution is 5.94. The number of hydrogen-bond acceptors (Lipinski definition) is 3. The summed E-state index contributed by atoms with van der Waals surface area (Å²) >= 11 is 0. The first-order valence-corrected chi connectivity index (χ1v) is 7.33. The number of ether oxygens (including phenoxy) is 2. The number of fused-ring (bicyclic) bond motifs is 1. The van der Waals surface area contributed by atoms with Crippen molar-refractivity contribution in [1.82, 2.24) is 0 Å². The second-order valence-electron chi connectivity index (χ2n) is 5.51. The lowest BCUT2D eigenvalue weighted by atomic mass is 9.96. The van der Waals surface area contributed by atoms with Gasteiger partial charge in [0.2, 0.25) is 5.91 Å². The van der Waals surface area contributed by atoms with Crippen LogP contribution in [0.2, 0.25) is 0 Å². The molecule has 4 nitrogen and oxygen atoms in total. The van der Waals surface area contributed by atoms with E-state index in [-0.39, 0.29) is 11.8 Å². The number of benzene rings is 2. The second kappa shape index (κ2) is 6.10. The van der Waals surface area contributed by atoms with Crippen LogP contribution < -0.4 is 14.8 Å². The van der Waals surface area contributed by atoms with Crippen LogP contribution in [0.15, 0.2) is 42.5 Å². The Morgan fingerprint density at radius 2 is 2.09 bits per heavy atom. The Bertz CT molecular complexity index is 696. The third-order valence-electron chi connectivity index (χ3n) is 3.86. The molecule has 0 bridgehead atoms. The predicted molar refractivity (Wildman–Crippen MR) is 85.5 cm³/mol. The number of carbonyl (C=O) groups is 1. The van der Waals surface area contributed by atoms with Crippen molar-refractivity contribution < 1.29 is 14.3 Å². The van der Waals surface area contributed by atoms with Gasteiger partial charge < -0.3 is 14.8 Å². The third kappa shape index (κ3) is 2.91. The number of aryl methyl sites for hydroxylation is 1. The summed E-state index contributed by atoms with van der Waals surface area (Å²) < 4.78 is 11.0. The van der Waals surface area contributed by atoms with Gasteiger partial charge >= 0.3 is 0 Å². The van der Waals surface area contributed by atoms with E-state index in [0.29, 0.717) is 24.5 Å². The zero-order valence-electron chi connectivity index (χ0n) is 12.8. The quantitative estimate of drug-likeness (QED) is 0.946. The van der Waals surface area contributed by atoms with Crippen LogP contribution in [0, 0.1) is 12.8 Å². The van der Waals surface area contributed by atoms with E-state index in [9.17, 15) is 4.79 Å². The first kappa shape index (κ1) is 14.4. The average molecular weight is 297 g/mol. The minimum Gasteiger partial charge on any atom is -0.495 e. The molecule has 0 unspecified atom stereocenters. The van der Waals surface area contributed by atoms with Crippen molar-refractivity contribution in [2.75, 3.05) is 19.0 Å². The Hall–Kier alpha value is -2.49. The molecule has 1 atom stereocenters. The number of nitrogens with one attached hydrogen (secondary N) is 1. The molecule has 114 valence electrons. The zero-order chi connectivity index (χ0) is 15.5. The molecule has 4 heteroatoms. The molecule has 1 heterocycles. The van der Waals surface area contributed by atoms with Gasteiger partial charge in [-0.15, -0.1) is 0 Å². The van der Waals surface area contributed by atoms with Crippen molar-refractivity contribution in [2.24, 2.45) is 5.92 Å². The fourth-order valence-electron chi connectivity index (χ4n) is 2.65. The molecule has 0 fully saturated rings. The second-order valence-corrected chi connectivity index (χ2v) is 5.51. The van der Waals surface area contributed by atoms with E-state index in [1.165, 1.54) is 0 Å². The highest BCUT2D eigenvalue weighted by Crippen LogP contribution is 2.29. The summed E-state index contributed by atoms with van der Waals surface area (Å²) in [5.41, 5.74) is 2.85. The van der Waals surface area contributed by atoms with Gasteiger partial charge in [-0.25, -0.2) is 0 Å². The maximum absolute atomic E-state index is 12.5. The van der Waals surface area contributed by atoms with Crippen LogP contribution in [0.25, 0.3) is 0 Å². The molecule has 0 saturated heterocycles. The van der Waals surface area contributed by atoms with Crippen LogP contribution >= 0.6 is 0 Å². The molecule has 2 aromatic rings. The van der Waals surface area contributed by atoms with Crippen LogP contribution in [-0.4, -0.2) is 19.6 Å². The summed E-state index contributed by atoms with van der Waals surface area (Å²) in [5, 5.41) is 2.96. The Morgan fingerprint density at radius 3 is 2.91 bits per heavy atom.